The van der Waals surface area contributed by atoms with Crippen molar-refractivity contribution < 1.29 is 18.0 Å². The zero-order valence-corrected chi connectivity index (χ0v) is 12.0. The van der Waals surface area contributed by atoms with Gasteiger partial charge in [0.1, 0.15) is 11.6 Å². The van der Waals surface area contributed by atoms with E-state index in [-0.39, 0.29) is 11.0 Å². The third kappa shape index (κ3) is 4.46. The van der Waals surface area contributed by atoms with Gasteiger partial charge in [0, 0.05) is 18.2 Å². The van der Waals surface area contributed by atoms with Crippen molar-refractivity contribution in [1.82, 2.24) is 5.32 Å². The highest BCUT2D eigenvalue weighted by molar-refractivity contribution is 7.79. The summed E-state index contributed by atoms with van der Waals surface area (Å²) in [5, 5.41) is 2.55. The van der Waals surface area contributed by atoms with E-state index in [1.165, 1.54) is 13.0 Å². The number of carbonyl (C=O) groups excluding carboxylic acids is 1. The minimum atomic E-state index is -2.14. The zero-order valence-electron chi connectivity index (χ0n) is 11.2. The summed E-state index contributed by atoms with van der Waals surface area (Å²) in [6, 6.07) is 3.04. The standard InChI is InChI=1S/C12H16N2O4S/c1-7(8(2)13-9(3)14-10(4)15)11-5-6-12(18-11)19(16)17/h5-6H,1-4H3,(H,16,17)(H,13,14,15)/b8-7+. The first-order valence-electron chi connectivity index (χ1n) is 5.52. The van der Waals surface area contributed by atoms with Gasteiger partial charge in [0.25, 0.3) is 0 Å². The first kappa shape index (κ1) is 15.3. The van der Waals surface area contributed by atoms with Gasteiger partial charge in [-0.3, -0.25) is 9.35 Å². The van der Waals surface area contributed by atoms with Crippen LogP contribution in [0.4, 0.5) is 0 Å². The van der Waals surface area contributed by atoms with Crippen molar-refractivity contribution in [3.63, 3.8) is 0 Å². The van der Waals surface area contributed by atoms with E-state index in [1.807, 2.05) is 0 Å². The van der Waals surface area contributed by atoms with Crippen molar-refractivity contribution in [2.75, 3.05) is 0 Å². The summed E-state index contributed by atoms with van der Waals surface area (Å²) in [5.74, 6) is 0.749. The third-order valence-corrected chi connectivity index (χ3v) is 2.92. The predicted octanol–water partition coefficient (Wildman–Crippen LogP) is 2.17. The topological polar surface area (TPSA) is 91.9 Å². The SMILES string of the molecule is CC(=O)N/C(C)=N/C(C)=C(\C)c1ccc(S(=O)O)o1. The van der Waals surface area contributed by atoms with Crippen LogP contribution in [0.1, 0.15) is 33.5 Å². The summed E-state index contributed by atoms with van der Waals surface area (Å²) in [7, 11) is 0. The van der Waals surface area contributed by atoms with Gasteiger partial charge in [-0.05, 0) is 32.9 Å². The summed E-state index contributed by atoms with van der Waals surface area (Å²) < 4.78 is 24.9. The predicted molar refractivity (Wildman–Crippen MR) is 72.9 cm³/mol. The quantitative estimate of drug-likeness (QED) is 0.505. The maximum atomic E-state index is 10.9. The summed E-state index contributed by atoms with van der Waals surface area (Å²) in [6.07, 6.45) is 0. The molecule has 0 bridgehead atoms. The lowest BCUT2D eigenvalue weighted by atomic mass is 10.2. The van der Waals surface area contributed by atoms with Crippen LogP contribution < -0.4 is 5.32 Å². The molecule has 0 saturated heterocycles. The van der Waals surface area contributed by atoms with E-state index in [0.717, 1.165) is 5.57 Å². The number of amides is 1. The Kier molecular flexibility index (Phi) is 5.20. The molecule has 0 aromatic carbocycles. The second kappa shape index (κ2) is 6.44. The monoisotopic (exact) mass is 284 g/mol. The fraction of sp³-hybridized carbons (Fsp3) is 0.333. The molecule has 0 fully saturated rings. The van der Waals surface area contributed by atoms with Crippen LogP contribution in [-0.2, 0) is 15.9 Å². The fourth-order valence-electron chi connectivity index (χ4n) is 1.41. The number of hydrogen-bond acceptors (Lipinski definition) is 4. The molecular formula is C12H16N2O4S. The van der Waals surface area contributed by atoms with Crippen LogP contribution in [0, 0.1) is 0 Å². The molecular weight excluding hydrogens is 268 g/mol. The van der Waals surface area contributed by atoms with E-state index < -0.39 is 11.1 Å². The molecule has 1 heterocycles. The number of allylic oxidation sites excluding steroid dienone is 2. The van der Waals surface area contributed by atoms with Crippen molar-refractivity contribution in [1.29, 1.82) is 0 Å². The Hall–Kier alpha value is -1.73. The van der Waals surface area contributed by atoms with Crippen LogP contribution in [0.15, 0.2) is 32.3 Å². The average Bonchev–Trinajstić information content (AvgIpc) is 2.75. The van der Waals surface area contributed by atoms with E-state index in [0.29, 0.717) is 17.3 Å². The molecule has 0 aliphatic carbocycles. The molecule has 104 valence electrons. The van der Waals surface area contributed by atoms with Gasteiger partial charge in [0.05, 0.1) is 0 Å². The van der Waals surface area contributed by atoms with Gasteiger partial charge in [-0.2, -0.15) is 0 Å². The van der Waals surface area contributed by atoms with Gasteiger partial charge in [-0.15, -0.1) is 0 Å². The van der Waals surface area contributed by atoms with Crippen molar-refractivity contribution in [3.05, 3.63) is 23.6 Å². The van der Waals surface area contributed by atoms with Gasteiger partial charge in [0.2, 0.25) is 22.1 Å². The third-order valence-electron chi connectivity index (χ3n) is 2.36. The number of aliphatic imine (C=N–C) groups is 1. The van der Waals surface area contributed by atoms with Crippen LogP contribution in [0.2, 0.25) is 0 Å². The maximum absolute atomic E-state index is 10.9. The van der Waals surface area contributed by atoms with E-state index in [2.05, 4.69) is 10.3 Å². The summed E-state index contributed by atoms with van der Waals surface area (Å²) in [5.41, 5.74) is 1.37. The highest BCUT2D eigenvalue weighted by atomic mass is 32.2. The Balaban J connectivity index is 3.00. The molecule has 0 spiro atoms. The van der Waals surface area contributed by atoms with Crippen molar-refractivity contribution in [2.45, 2.75) is 32.8 Å². The second-order valence-electron chi connectivity index (χ2n) is 3.96. The van der Waals surface area contributed by atoms with Gasteiger partial charge >= 0.3 is 0 Å². The van der Waals surface area contributed by atoms with Gasteiger partial charge in [0.15, 0.2) is 0 Å². The Morgan fingerprint density at radius 3 is 2.42 bits per heavy atom. The summed E-state index contributed by atoms with van der Waals surface area (Å²) in [4.78, 5) is 15.1. The van der Waals surface area contributed by atoms with Crippen molar-refractivity contribution in [2.24, 2.45) is 4.99 Å². The maximum Gasteiger partial charge on any atom is 0.223 e. The first-order valence-corrected chi connectivity index (χ1v) is 6.63. The molecule has 0 saturated carbocycles. The Morgan fingerprint density at radius 2 is 1.95 bits per heavy atom. The van der Waals surface area contributed by atoms with Crippen molar-refractivity contribution in [3.8, 4) is 0 Å². The number of furan rings is 1. The Morgan fingerprint density at radius 1 is 1.32 bits per heavy atom. The highest BCUT2D eigenvalue weighted by Crippen LogP contribution is 2.22. The summed E-state index contributed by atoms with van der Waals surface area (Å²) >= 11 is -2.14. The zero-order chi connectivity index (χ0) is 14.6. The van der Waals surface area contributed by atoms with E-state index >= 15 is 0 Å². The summed E-state index contributed by atoms with van der Waals surface area (Å²) in [6.45, 7) is 6.62. The molecule has 1 unspecified atom stereocenters. The molecule has 0 aliphatic heterocycles. The lowest BCUT2D eigenvalue weighted by molar-refractivity contribution is -0.117. The van der Waals surface area contributed by atoms with Gasteiger partial charge in [-0.1, -0.05) is 0 Å². The molecule has 2 N–H and O–H groups in total. The molecule has 0 radical (unpaired) electrons. The molecule has 1 atom stereocenters. The number of carbonyl (C=O) groups is 1. The number of hydrogen-bond donors (Lipinski definition) is 2. The lowest BCUT2D eigenvalue weighted by Crippen LogP contribution is -2.25. The van der Waals surface area contributed by atoms with E-state index in [9.17, 15) is 9.00 Å². The smallest absolute Gasteiger partial charge is 0.223 e. The Labute approximate surface area is 113 Å². The largest absolute Gasteiger partial charge is 0.445 e. The molecule has 7 heteroatoms. The molecule has 0 aliphatic rings. The molecule has 6 nitrogen and oxygen atoms in total. The minimum absolute atomic E-state index is 0.00953. The molecule has 1 aromatic rings. The van der Waals surface area contributed by atoms with Gasteiger partial charge in [-0.25, -0.2) is 9.20 Å². The Bertz CT molecular complexity index is 572. The highest BCUT2D eigenvalue weighted by Gasteiger charge is 2.10. The van der Waals surface area contributed by atoms with E-state index in [1.54, 1.807) is 26.8 Å². The van der Waals surface area contributed by atoms with E-state index in [4.69, 9.17) is 8.97 Å². The van der Waals surface area contributed by atoms with Crippen molar-refractivity contribution >= 4 is 28.4 Å². The normalized spacial score (nSPS) is 14.9. The first-order chi connectivity index (χ1) is 8.81. The molecule has 1 amide bonds. The number of nitrogens with one attached hydrogen (secondary N) is 1. The molecule has 1 rings (SSSR count). The van der Waals surface area contributed by atoms with Crippen LogP contribution in [0.3, 0.4) is 0 Å². The van der Waals surface area contributed by atoms with Crippen LogP contribution in [-0.4, -0.2) is 20.5 Å². The average molecular weight is 284 g/mol. The number of nitrogens with zero attached hydrogens (tertiary/aromatic N) is 1. The number of rotatable bonds is 3. The molecule has 19 heavy (non-hydrogen) atoms. The molecule has 1 aromatic heterocycles. The van der Waals surface area contributed by atoms with Gasteiger partial charge < -0.3 is 9.73 Å². The fourth-order valence-corrected chi connectivity index (χ4v) is 1.76. The van der Waals surface area contributed by atoms with Crippen LogP contribution in [0.5, 0.6) is 0 Å². The van der Waals surface area contributed by atoms with Crippen LogP contribution in [0.25, 0.3) is 5.57 Å². The van der Waals surface area contributed by atoms with Crippen LogP contribution >= 0.6 is 0 Å². The lowest BCUT2D eigenvalue weighted by Gasteiger charge is -2.04. The number of amidine groups is 1. The minimum Gasteiger partial charge on any atom is -0.445 e. The second-order valence-corrected chi connectivity index (χ2v) is 4.86.